The lowest BCUT2D eigenvalue weighted by Gasteiger charge is -2.07. The molecule has 0 aliphatic heterocycles. The van der Waals surface area contributed by atoms with Gasteiger partial charge in [0.15, 0.2) is 0 Å². The Morgan fingerprint density at radius 3 is 3.08 bits per heavy atom. The van der Waals surface area contributed by atoms with E-state index in [2.05, 4.69) is 10.3 Å². The van der Waals surface area contributed by atoms with Gasteiger partial charge in [-0.05, 0) is 12.1 Å². The highest BCUT2D eigenvalue weighted by Crippen LogP contribution is 2.10. The third-order valence-electron chi connectivity index (χ3n) is 1.46. The van der Waals surface area contributed by atoms with Gasteiger partial charge in [-0.2, -0.15) is 0 Å². The summed E-state index contributed by atoms with van der Waals surface area (Å²) in [5, 5.41) is 2.79. The SMILES string of the molecule is NC(=S)c1cccnc1NCCF. The number of pyridine rings is 1. The molecule has 0 saturated heterocycles. The second-order valence-corrected chi connectivity index (χ2v) is 2.82. The molecule has 0 saturated carbocycles. The van der Waals surface area contributed by atoms with E-state index in [1.807, 2.05) is 0 Å². The maximum Gasteiger partial charge on any atom is 0.136 e. The number of aromatic nitrogens is 1. The summed E-state index contributed by atoms with van der Waals surface area (Å²) in [6.45, 7) is -0.236. The third-order valence-corrected chi connectivity index (χ3v) is 1.68. The number of nitrogens with zero attached hydrogens (tertiary/aromatic N) is 1. The van der Waals surface area contributed by atoms with Crippen molar-refractivity contribution in [1.29, 1.82) is 0 Å². The number of thiocarbonyl (C=S) groups is 1. The van der Waals surface area contributed by atoms with E-state index in [-0.39, 0.29) is 11.5 Å². The van der Waals surface area contributed by atoms with Crippen LogP contribution in [0.1, 0.15) is 5.56 Å². The summed E-state index contributed by atoms with van der Waals surface area (Å²) in [5.74, 6) is 0.535. The number of hydrogen-bond donors (Lipinski definition) is 2. The highest BCUT2D eigenvalue weighted by molar-refractivity contribution is 7.80. The number of anilines is 1. The fourth-order valence-corrected chi connectivity index (χ4v) is 1.08. The first-order valence-corrected chi connectivity index (χ1v) is 4.21. The van der Waals surface area contributed by atoms with Crippen LogP contribution in [0.4, 0.5) is 10.2 Å². The third kappa shape index (κ3) is 2.62. The second kappa shape index (κ2) is 4.71. The van der Waals surface area contributed by atoms with Gasteiger partial charge in [-0.3, -0.25) is 0 Å². The Bertz CT molecular complexity index is 303. The average molecular weight is 199 g/mol. The van der Waals surface area contributed by atoms with Gasteiger partial charge in [0, 0.05) is 12.7 Å². The van der Waals surface area contributed by atoms with Crippen molar-refractivity contribution in [3.05, 3.63) is 23.9 Å². The molecule has 0 aliphatic rings. The fourth-order valence-electron chi connectivity index (χ4n) is 0.911. The molecular formula is C8H10FN3S. The van der Waals surface area contributed by atoms with E-state index in [9.17, 15) is 4.39 Å². The molecular weight excluding hydrogens is 189 g/mol. The zero-order valence-electron chi connectivity index (χ0n) is 6.96. The van der Waals surface area contributed by atoms with E-state index in [0.29, 0.717) is 11.4 Å². The summed E-state index contributed by atoms with van der Waals surface area (Å²) in [7, 11) is 0. The number of alkyl halides is 1. The quantitative estimate of drug-likeness (QED) is 0.713. The van der Waals surface area contributed by atoms with Crippen LogP contribution in [0.25, 0.3) is 0 Å². The monoisotopic (exact) mass is 199 g/mol. The zero-order chi connectivity index (χ0) is 9.68. The van der Waals surface area contributed by atoms with Crippen molar-refractivity contribution in [2.45, 2.75) is 0 Å². The van der Waals surface area contributed by atoms with Gasteiger partial charge in [0.25, 0.3) is 0 Å². The highest BCUT2D eigenvalue weighted by atomic mass is 32.1. The molecule has 1 heterocycles. The van der Waals surface area contributed by atoms with Gasteiger partial charge in [0.1, 0.15) is 17.5 Å². The van der Waals surface area contributed by atoms with Crippen LogP contribution in [0.15, 0.2) is 18.3 Å². The minimum atomic E-state index is -0.451. The molecule has 70 valence electrons. The fraction of sp³-hybridized carbons (Fsp3) is 0.250. The number of nitrogens with two attached hydrogens (primary N) is 1. The molecule has 3 N–H and O–H groups in total. The van der Waals surface area contributed by atoms with Crippen LogP contribution < -0.4 is 11.1 Å². The molecule has 1 rings (SSSR count). The van der Waals surface area contributed by atoms with Gasteiger partial charge < -0.3 is 11.1 Å². The van der Waals surface area contributed by atoms with E-state index in [4.69, 9.17) is 18.0 Å². The van der Waals surface area contributed by atoms with Crippen molar-refractivity contribution in [3.8, 4) is 0 Å². The molecule has 1 aromatic heterocycles. The predicted octanol–water partition coefficient (Wildman–Crippen LogP) is 1.10. The summed E-state index contributed by atoms with van der Waals surface area (Å²) in [6.07, 6.45) is 1.60. The van der Waals surface area contributed by atoms with Crippen molar-refractivity contribution >= 4 is 23.0 Å². The van der Waals surface area contributed by atoms with Gasteiger partial charge in [0.05, 0.1) is 5.56 Å². The summed E-state index contributed by atoms with van der Waals surface area (Å²) < 4.78 is 11.9. The van der Waals surface area contributed by atoms with Crippen molar-refractivity contribution in [2.24, 2.45) is 5.73 Å². The topological polar surface area (TPSA) is 50.9 Å². The van der Waals surface area contributed by atoms with Crippen LogP contribution in [0.2, 0.25) is 0 Å². The van der Waals surface area contributed by atoms with Crippen LogP contribution in [-0.2, 0) is 0 Å². The Morgan fingerprint density at radius 2 is 2.46 bits per heavy atom. The first-order valence-electron chi connectivity index (χ1n) is 3.80. The molecule has 0 unspecified atom stereocenters. The number of nitrogens with one attached hydrogen (secondary N) is 1. The van der Waals surface area contributed by atoms with Crippen molar-refractivity contribution in [1.82, 2.24) is 4.98 Å². The standard InChI is InChI=1S/C8H10FN3S/c9-3-5-12-8-6(7(10)13)2-1-4-11-8/h1-2,4H,3,5H2,(H2,10,13)(H,11,12). The number of halogens is 1. The van der Waals surface area contributed by atoms with Crippen LogP contribution in [0.5, 0.6) is 0 Å². The molecule has 0 fully saturated rings. The van der Waals surface area contributed by atoms with Crippen molar-refractivity contribution in [3.63, 3.8) is 0 Å². The van der Waals surface area contributed by atoms with Gasteiger partial charge in [-0.1, -0.05) is 12.2 Å². The Kier molecular flexibility index (Phi) is 3.57. The van der Waals surface area contributed by atoms with Crippen molar-refractivity contribution < 1.29 is 4.39 Å². The van der Waals surface area contributed by atoms with E-state index >= 15 is 0 Å². The van der Waals surface area contributed by atoms with Gasteiger partial charge in [-0.25, -0.2) is 9.37 Å². The second-order valence-electron chi connectivity index (χ2n) is 2.38. The lowest BCUT2D eigenvalue weighted by molar-refractivity contribution is 0.512. The smallest absolute Gasteiger partial charge is 0.136 e. The first-order chi connectivity index (χ1) is 6.25. The largest absolute Gasteiger partial charge is 0.389 e. The Hall–Kier alpha value is -1.23. The number of rotatable bonds is 4. The van der Waals surface area contributed by atoms with Crippen LogP contribution in [0, 0.1) is 0 Å². The lowest BCUT2D eigenvalue weighted by Crippen LogP contribution is -2.15. The summed E-state index contributed by atoms with van der Waals surface area (Å²) in [6, 6.07) is 3.48. The Labute approximate surface area is 81.2 Å². The van der Waals surface area contributed by atoms with Gasteiger partial charge in [0.2, 0.25) is 0 Å². The number of hydrogen-bond acceptors (Lipinski definition) is 3. The van der Waals surface area contributed by atoms with Crippen LogP contribution in [-0.4, -0.2) is 23.2 Å². The molecule has 0 amide bonds. The molecule has 0 radical (unpaired) electrons. The van der Waals surface area contributed by atoms with Crippen LogP contribution >= 0.6 is 12.2 Å². The molecule has 3 nitrogen and oxygen atoms in total. The maximum atomic E-state index is 11.9. The molecule has 13 heavy (non-hydrogen) atoms. The van der Waals surface area contributed by atoms with E-state index in [0.717, 1.165) is 0 Å². The van der Waals surface area contributed by atoms with Crippen LogP contribution in [0.3, 0.4) is 0 Å². The summed E-state index contributed by atoms with van der Waals surface area (Å²) >= 11 is 4.80. The van der Waals surface area contributed by atoms with E-state index in [1.165, 1.54) is 0 Å². The maximum absolute atomic E-state index is 11.9. The van der Waals surface area contributed by atoms with Gasteiger partial charge in [-0.15, -0.1) is 0 Å². The molecule has 0 spiro atoms. The van der Waals surface area contributed by atoms with Crippen molar-refractivity contribution in [2.75, 3.05) is 18.5 Å². The highest BCUT2D eigenvalue weighted by Gasteiger charge is 2.03. The first kappa shape index (κ1) is 9.85. The molecule has 1 aromatic rings. The van der Waals surface area contributed by atoms with Gasteiger partial charge >= 0.3 is 0 Å². The van der Waals surface area contributed by atoms with E-state index < -0.39 is 6.67 Å². The minimum absolute atomic E-state index is 0.215. The Balaban J connectivity index is 2.84. The normalized spacial score (nSPS) is 9.62. The molecule has 0 aromatic carbocycles. The molecule has 0 bridgehead atoms. The summed E-state index contributed by atoms with van der Waals surface area (Å²) in [5.41, 5.74) is 6.09. The van der Waals surface area contributed by atoms with E-state index in [1.54, 1.807) is 18.3 Å². The summed E-state index contributed by atoms with van der Waals surface area (Å²) in [4.78, 5) is 4.25. The molecule has 0 atom stereocenters. The zero-order valence-corrected chi connectivity index (χ0v) is 7.77. The Morgan fingerprint density at radius 1 is 1.69 bits per heavy atom. The average Bonchev–Trinajstić information content (AvgIpc) is 2.15. The molecule has 0 aliphatic carbocycles. The predicted molar refractivity (Wildman–Crippen MR) is 54.6 cm³/mol. The lowest BCUT2D eigenvalue weighted by atomic mass is 10.2. The minimum Gasteiger partial charge on any atom is -0.389 e. The molecule has 5 heteroatoms.